The van der Waals surface area contributed by atoms with Gasteiger partial charge in [-0.3, -0.25) is 9.69 Å². The van der Waals surface area contributed by atoms with Crippen molar-refractivity contribution in [1.29, 1.82) is 0 Å². The van der Waals surface area contributed by atoms with Gasteiger partial charge in [0.05, 0.1) is 5.56 Å². The Balaban J connectivity index is 1.52. The summed E-state index contributed by atoms with van der Waals surface area (Å²) in [5.74, 6) is -0.163. The summed E-state index contributed by atoms with van der Waals surface area (Å²) in [6.07, 6.45) is -4.52. The Hall–Kier alpha value is -2.42. The van der Waals surface area contributed by atoms with Gasteiger partial charge in [-0.05, 0) is 53.9 Å². The van der Waals surface area contributed by atoms with Crippen LogP contribution in [0, 0.1) is 0 Å². The molecule has 0 bridgehead atoms. The van der Waals surface area contributed by atoms with E-state index in [1.807, 2.05) is 30.1 Å². The summed E-state index contributed by atoms with van der Waals surface area (Å²) in [5.41, 5.74) is 2.37. The van der Waals surface area contributed by atoms with E-state index in [1.54, 1.807) is 0 Å². The van der Waals surface area contributed by atoms with Crippen LogP contribution in [0.15, 0.2) is 36.4 Å². The van der Waals surface area contributed by atoms with Crippen LogP contribution in [-0.4, -0.2) is 55.5 Å². The van der Waals surface area contributed by atoms with Gasteiger partial charge in [0.15, 0.2) is 0 Å². The highest BCUT2D eigenvalue weighted by Crippen LogP contribution is 2.34. The van der Waals surface area contributed by atoms with Crippen LogP contribution in [0.1, 0.15) is 45.5 Å². The molecule has 0 saturated carbocycles. The Morgan fingerprint density at radius 3 is 2.59 bits per heavy atom. The number of carbonyl (C=O) groups is 1. The lowest BCUT2D eigenvalue weighted by atomic mass is 9.92. The number of amides is 1. The number of nitrogens with one attached hydrogen (secondary N) is 2. The minimum atomic E-state index is -4.52. The highest BCUT2D eigenvalue weighted by atomic mass is 19.4. The molecule has 1 fully saturated rings. The van der Waals surface area contributed by atoms with Gasteiger partial charge < -0.3 is 15.5 Å². The lowest BCUT2D eigenvalue weighted by Gasteiger charge is -2.33. The molecule has 0 radical (unpaired) electrons. The number of likely N-dealkylation sites (N-methyl/N-ethyl adjacent to an activating group) is 1. The lowest BCUT2D eigenvalue weighted by molar-refractivity contribution is -0.138. The smallest absolute Gasteiger partial charge is 0.322 e. The molecule has 0 spiro atoms. The number of carbonyl (C=O) groups excluding carboxylic acids is 1. The van der Waals surface area contributed by atoms with E-state index in [1.165, 1.54) is 17.7 Å². The van der Waals surface area contributed by atoms with Crippen LogP contribution in [-0.2, 0) is 19.3 Å². The molecule has 2 aliphatic heterocycles. The summed E-state index contributed by atoms with van der Waals surface area (Å²) in [5, 5.41) is 6.08. The number of benzene rings is 2. The molecule has 4 rings (SSSR count). The Morgan fingerprint density at radius 1 is 1.12 bits per heavy atom. The second kappa shape index (κ2) is 9.21. The number of fused-ring (bicyclic) bond motifs is 1. The Bertz CT molecular complexity index is 984. The van der Waals surface area contributed by atoms with Crippen molar-refractivity contribution in [1.82, 2.24) is 15.1 Å². The van der Waals surface area contributed by atoms with Crippen molar-refractivity contribution in [3.05, 3.63) is 64.2 Å². The molecule has 0 aliphatic carbocycles. The van der Waals surface area contributed by atoms with Crippen LogP contribution < -0.4 is 10.6 Å². The molecule has 172 valence electrons. The SMILES string of the molecule is C[C@H]1CNCc2cc(NC(=O)c3ccc(CN4CCN(C)CC4)c(C(F)(F)F)c3)ccc21. The maximum Gasteiger partial charge on any atom is 0.416 e. The van der Waals surface area contributed by atoms with Gasteiger partial charge in [0.2, 0.25) is 0 Å². The minimum absolute atomic E-state index is 0.00339. The van der Waals surface area contributed by atoms with Crippen LogP contribution in [0.4, 0.5) is 18.9 Å². The molecule has 2 aromatic carbocycles. The van der Waals surface area contributed by atoms with E-state index in [0.717, 1.165) is 44.4 Å². The predicted octanol–water partition coefficient (Wildman–Crippen LogP) is 3.91. The van der Waals surface area contributed by atoms with E-state index < -0.39 is 17.6 Å². The number of hydrogen-bond acceptors (Lipinski definition) is 4. The highest BCUT2D eigenvalue weighted by molar-refractivity contribution is 6.04. The molecule has 2 heterocycles. The molecule has 2 aliphatic rings. The fraction of sp³-hybridized carbons (Fsp3) is 0.458. The largest absolute Gasteiger partial charge is 0.416 e. The molecule has 1 atom stereocenters. The van der Waals surface area contributed by atoms with Gasteiger partial charge in [0, 0.05) is 57.1 Å². The third kappa shape index (κ3) is 5.14. The zero-order chi connectivity index (χ0) is 22.9. The standard InChI is InChI=1S/C24H29F3N4O/c1-16-13-28-14-19-11-20(5-6-21(16)19)29-23(32)17-3-4-18(22(12-17)24(25,26)27)15-31-9-7-30(2)8-10-31/h3-6,11-12,16,28H,7-10,13-15H2,1-2H3,(H,29,32)/t16-/m0/s1. The topological polar surface area (TPSA) is 47.6 Å². The maximum atomic E-state index is 13.8. The Morgan fingerprint density at radius 2 is 1.88 bits per heavy atom. The van der Waals surface area contributed by atoms with Crippen LogP contribution >= 0.6 is 0 Å². The van der Waals surface area contributed by atoms with E-state index in [4.69, 9.17) is 0 Å². The van der Waals surface area contributed by atoms with Crippen molar-refractivity contribution >= 4 is 11.6 Å². The highest BCUT2D eigenvalue weighted by Gasteiger charge is 2.34. The second-order valence-electron chi connectivity index (χ2n) is 8.85. The quantitative estimate of drug-likeness (QED) is 0.748. The molecule has 1 saturated heterocycles. The van der Waals surface area contributed by atoms with Gasteiger partial charge in [0.1, 0.15) is 0 Å². The van der Waals surface area contributed by atoms with Gasteiger partial charge in [-0.25, -0.2) is 0 Å². The van der Waals surface area contributed by atoms with Gasteiger partial charge in [-0.15, -0.1) is 0 Å². The summed E-state index contributed by atoms with van der Waals surface area (Å²) in [4.78, 5) is 16.9. The molecular formula is C24H29F3N4O. The summed E-state index contributed by atoms with van der Waals surface area (Å²) in [6.45, 7) is 7.08. The first kappa shape index (κ1) is 22.8. The van der Waals surface area contributed by atoms with Gasteiger partial charge in [0.25, 0.3) is 5.91 Å². The van der Waals surface area contributed by atoms with E-state index in [-0.39, 0.29) is 17.7 Å². The van der Waals surface area contributed by atoms with Gasteiger partial charge >= 0.3 is 6.18 Å². The van der Waals surface area contributed by atoms with E-state index >= 15 is 0 Å². The van der Waals surface area contributed by atoms with Crippen molar-refractivity contribution in [2.75, 3.05) is 45.1 Å². The zero-order valence-electron chi connectivity index (χ0n) is 18.4. The van der Waals surface area contributed by atoms with Crippen molar-refractivity contribution in [2.45, 2.75) is 32.1 Å². The van der Waals surface area contributed by atoms with Crippen molar-refractivity contribution < 1.29 is 18.0 Å². The fourth-order valence-corrected chi connectivity index (χ4v) is 4.42. The van der Waals surface area contributed by atoms with E-state index in [9.17, 15) is 18.0 Å². The summed E-state index contributed by atoms with van der Waals surface area (Å²) in [7, 11) is 2.01. The monoisotopic (exact) mass is 446 g/mol. The Kier molecular flexibility index (Phi) is 6.55. The number of anilines is 1. The summed E-state index contributed by atoms with van der Waals surface area (Å²) < 4.78 is 41.4. The number of halogens is 3. The van der Waals surface area contributed by atoms with Crippen LogP contribution in [0.3, 0.4) is 0 Å². The van der Waals surface area contributed by atoms with Crippen molar-refractivity contribution in [3.8, 4) is 0 Å². The summed E-state index contributed by atoms with van der Waals surface area (Å²) >= 11 is 0. The van der Waals surface area contributed by atoms with E-state index in [2.05, 4.69) is 22.5 Å². The molecule has 32 heavy (non-hydrogen) atoms. The number of alkyl halides is 3. The first-order valence-corrected chi connectivity index (χ1v) is 11.0. The number of nitrogens with zero attached hydrogens (tertiary/aromatic N) is 2. The fourth-order valence-electron chi connectivity index (χ4n) is 4.42. The third-order valence-corrected chi connectivity index (χ3v) is 6.37. The van der Waals surface area contributed by atoms with Crippen LogP contribution in [0.2, 0.25) is 0 Å². The first-order chi connectivity index (χ1) is 15.2. The molecule has 2 N–H and O–H groups in total. The van der Waals surface area contributed by atoms with Gasteiger partial charge in [-0.2, -0.15) is 13.2 Å². The molecule has 5 nitrogen and oxygen atoms in total. The molecule has 2 aromatic rings. The van der Waals surface area contributed by atoms with Crippen molar-refractivity contribution in [2.24, 2.45) is 0 Å². The molecule has 0 unspecified atom stereocenters. The molecular weight excluding hydrogens is 417 g/mol. The third-order valence-electron chi connectivity index (χ3n) is 6.37. The second-order valence-corrected chi connectivity index (χ2v) is 8.85. The average Bonchev–Trinajstić information content (AvgIpc) is 2.75. The average molecular weight is 447 g/mol. The molecule has 0 aromatic heterocycles. The van der Waals surface area contributed by atoms with Crippen molar-refractivity contribution in [3.63, 3.8) is 0 Å². The number of piperazine rings is 1. The van der Waals surface area contributed by atoms with Crippen LogP contribution in [0.5, 0.6) is 0 Å². The lowest BCUT2D eigenvalue weighted by Crippen LogP contribution is -2.44. The normalized spacial score (nSPS) is 20.1. The predicted molar refractivity (Wildman–Crippen MR) is 119 cm³/mol. The summed E-state index contributed by atoms with van der Waals surface area (Å²) in [6, 6.07) is 9.58. The minimum Gasteiger partial charge on any atom is -0.322 e. The number of hydrogen-bond donors (Lipinski definition) is 2. The zero-order valence-corrected chi connectivity index (χ0v) is 18.4. The Labute approximate surface area is 186 Å². The molecule has 1 amide bonds. The van der Waals surface area contributed by atoms with Gasteiger partial charge in [-0.1, -0.05) is 19.1 Å². The maximum absolute atomic E-state index is 13.8. The van der Waals surface area contributed by atoms with E-state index in [0.29, 0.717) is 18.2 Å². The molecule has 8 heteroatoms. The number of rotatable bonds is 4. The first-order valence-electron chi connectivity index (χ1n) is 11.0. The van der Waals surface area contributed by atoms with Crippen LogP contribution in [0.25, 0.3) is 0 Å².